The topological polar surface area (TPSA) is 110 Å². The van der Waals surface area contributed by atoms with Crippen LogP contribution in [0.15, 0.2) is 24.7 Å². The first-order valence-corrected chi connectivity index (χ1v) is 9.99. The summed E-state index contributed by atoms with van der Waals surface area (Å²) in [5.74, 6) is -1.11. The normalized spacial score (nSPS) is 24.9. The van der Waals surface area contributed by atoms with Crippen molar-refractivity contribution >= 4 is 40.9 Å². The second-order valence-corrected chi connectivity index (χ2v) is 8.14. The van der Waals surface area contributed by atoms with Gasteiger partial charge in [0.25, 0.3) is 0 Å². The summed E-state index contributed by atoms with van der Waals surface area (Å²) in [5.41, 5.74) is 1.24. The first kappa shape index (κ1) is 18.9. The molecular formula is C20H17ClFN5O3. The van der Waals surface area contributed by atoms with Crippen molar-refractivity contribution in [3.8, 4) is 11.4 Å². The third-order valence-corrected chi connectivity index (χ3v) is 6.35. The van der Waals surface area contributed by atoms with Crippen LogP contribution in [0.3, 0.4) is 0 Å². The largest absolute Gasteiger partial charge is 0.395 e. The van der Waals surface area contributed by atoms with Crippen LogP contribution in [0.1, 0.15) is 19.3 Å². The summed E-state index contributed by atoms with van der Waals surface area (Å²) in [5, 5.41) is 4.27. The van der Waals surface area contributed by atoms with Crippen LogP contribution in [0, 0.1) is 23.6 Å². The fourth-order valence-electron chi connectivity index (χ4n) is 4.88. The molecule has 0 spiro atoms. The number of pyridine rings is 1. The molecule has 0 aromatic carbocycles. The summed E-state index contributed by atoms with van der Waals surface area (Å²) in [6.45, 7) is 0.144. The Balaban J connectivity index is 1.49. The van der Waals surface area contributed by atoms with E-state index in [1.807, 2.05) is 0 Å². The minimum Gasteiger partial charge on any atom is -0.395 e. The molecule has 3 unspecified atom stereocenters. The first-order chi connectivity index (χ1) is 14.5. The maximum absolute atomic E-state index is 14.6. The van der Waals surface area contributed by atoms with E-state index in [-0.39, 0.29) is 30.2 Å². The van der Waals surface area contributed by atoms with E-state index in [4.69, 9.17) is 11.6 Å². The maximum atomic E-state index is 14.6. The third kappa shape index (κ3) is 3.09. The minimum atomic E-state index is -0.625. The SMILES string of the molecule is O=COC(=O)C1C2CCC(C2)[C@@H]1Nc1nc(-c2c[nH]c3ncc(Cl)cc23)ncc1F. The molecule has 2 N–H and O–H groups in total. The maximum Gasteiger partial charge on any atom is 0.318 e. The van der Waals surface area contributed by atoms with E-state index >= 15 is 0 Å². The van der Waals surface area contributed by atoms with Gasteiger partial charge < -0.3 is 15.0 Å². The molecule has 2 aliphatic rings. The number of rotatable bonds is 5. The van der Waals surface area contributed by atoms with Gasteiger partial charge in [0.2, 0.25) is 0 Å². The number of aromatic nitrogens is 4. The van der Waals surface area contributed by atoms with Crippen LogP contribution in [-0.2, 0) is 14.3 Å². The average molecular weight is 430 g/mol. The van der Waals surface area contributed by atoms with Crippen molar-refractivity contribution in [2.75, 3.05) is 5.32 Å². The number of esters is 1. The molecule has 0 amide bonds. The number of carbonyl (C=O) groups excluding carboxylic acids is 2. The Hall–Kier alpha value is -3.07. The fraction of sp³-hybridized carbons (Fsp3) is 0.350. The molecular weight excluding hydrogens is 413 g/mol. The quantitative estimate of drug-likeness (QED) is 0.363. The van der Waals surface area contributed by atoms with E-state index in [2.05, 4.69) is 30.0 Å². The number of halogens is 2. The third-order valence-electron chi connectivity index (χ3n) is 6.14. The molecule has 2 aliphatic carbocycles. The number of nitrogens with one attached hydrogen (secondary N) is 2. The van der Waals surface area contributed by atoms with Crippen LogP contribution < -0.4 is 5.32 Å². The minimum absolute atomic E-state index is 0.00536. The van der Waals surface area contributed by atoms with E-state index in [9.17, 15) is 14.0 Å². The van der Waals surface area contributed by atoms with Gasteiger partial charge in [0.15, 0.2) is 17.5 Å². The smallest absolute Gasteiger partial charge is 0.318 e. The van der Waals surface area contributed by atoms with Gasteiger partial charge in [-0.3, -0.25) is 9.59 Å². The lowest BCUT2D eigenvalue weighted by Gasteiger charge is -2.30. The molecule has 3 heterocycles. The second-order valence-electron chi connectivity index (χ2n) is 7.70. The Morgan fingerprint density at radius 1 is 1.30 bits per heavy atom. The van der Waals surface area contributed by atoms with Crippen LogP contribution >= 0.6 is 11.6 Å². The van der Waals surface area contributed by atoms with Gasteiger partial charge in [-0.05, 0) is 37.2 Å². The number of nitrogens with zero attached hydrogens (tertiary/aromatic N) is 3. The summed E-state index contributed by atoms with van der Waals surface area (Å²) in [6, 6.07) is 1.38. The molecule has 0 saturated heterocycles. The van der Waals surface area contributed by atoms with Crippen molar-refractivity contribution < 1.29 is 18.7 Å². The van der Waals surface area contributed by atoms with Crippen LogP contribution in [0.25, 0.3) is 22.4 Å². The fourth-order valence-corrected chi connectivity index (χ4v) is 5.04. The first-order valence-electron chi connectivity index (χ1n) is 9.61. The van der Waals surface area contributed by atoms with E-state index in [1.54, 1.807) is 12.3 Å². The molecule has 5 rings (SSSR count). The van der Waals surface area contributed by atoms with Crippen molar-refractivity contribution in [1.82, 2.24) is 19.9 Å². The highest BCUT2D eigenvalue weighted by molar-refractivity contribution is 6.31. The van der Waals surface area contributed by atoms with Gasteiger partial charge in [0.1, 0.15) is 5.65 Å². The molecule has 3 aromatic heterocycles. The number of fused-ring (bicyclic) bond motifs is 3. The van der Waals surface area contributed by atoms with Gasteiger partial charge in [-0.15, -0.1) is 0 Å². The highest BCUT2D eigenvalue weighted by Gasteiger charge is 2.52. The van der Waals surface area contributed by atoms with Crippen molar-refractivity contribution in [3.63, 3.8) is 0 Å². The van der Waals surface area contributed by atoms with E-state index in [1.165, 1.54) is 6.20 Å². The standard InChI is InChI=1S/C20H17ClFN5O3/c21-11-4-12-13(6-24-17(12)23-5-11)18-25-7-14(22)19(27-18)26-16-10-2-1-9(3-10)15(16)20(29)30-8-28/h4-10,15-16H,1-3H2,(H,23,24)(H,25,26,27)/t9?,10?,15?,16-/m0/s1. The van der Waals surface area contributed by atoms with Crippen LogP contribution in [-0.4, -0.2) is 38.4 Å². The molecule has 0 radical (unpaired) electrons. The number of hydrogen-bond acceptors (Lipinski definition) is 7. The number of aromatic amines is 1. The molecule has 30 heavy (non-hydrogen) atoms. The molecule has 2 saturated carbocycles. The number of hydrogen-bond donors (Lipinski definition) is 2. The molecule has 154 valence electrons. The van der Waals surface area contributed by atoms with Crippen LogP contribution in [0.2, 0.25) is 5.02 Å². The monoisotopic (exact) mass is 429 g/mol. The molecule has 8 nitrogen and oxygen atoms in total. The summed E-state index contributed by atoms with van der Waals surface area (Å²) < 4.78 is 19.2. The van der Waals surface area contributed by atoms with Gasteiger partial charge in [-0.1, -0.05) is 11.6 Å². The zero-order chi connectivity index (χ0) is 20.8. The Morgan fingerprint density at radius 2 is 2.13 bits per heavy atom. The van der Waals surface area contributed by atoms with Crippen molar-refractivity contribution in [2.24, 2.45) is 17.8 Å². The van der Waals surface area contributed by atoms with E-state index in [0.29, 0.717) is 27.4 Å². The Morgan fingerprint density at radius 3 is 2.97 bits per heavy atom. The van der Waals surface area contributed by atoms with Gasteiger partial charge >= 0.3 is 12.4 Å². The molecule has 10 heteroatoms. The molecule has 0 aliphatic heterocycles. The summed E-state index contributed by atoms with van der Waals surface area (Å²) in [6.07, 6.45) is 6.96. The van der Waals surface area contributed by atoms with E-state index in [0.717, 1.165) is 25.5 Å². The summed E-state index contributed by atoms with van der Waals surface area (Å²) in [7, 11) is 0. The van der Waals surface area contributed by atoms with Crippen molar-refractivity contribution in [2.45, 2.75) is 25.3 Å². The van der Waals surface area contributed by atoms with E-state index < -0.39 is 17.7 Å². The number of anilines is 1. The Labute approximate surface area is 175 Å². The number of H-pyrrole nitrogens is 1. The summed E-state index contributed by atoms with van der Waals surface area (Å²) >= 11 is 6.05. The zero-order valence-corrected chi connectivity index (χ0v) is 16.4. The van der Waals surface area contributed by atoms with Gasteiger partial charge in [-0.2, -0.15) is 0 Å². The molecule has 3 aromatic rings. The highest BCUT2D eigenvalue weighted by Crippen LogP contribution is 2.50. The van der Waals surface area contributed by atoms with Gasteiger partial charge in [0, 0.05) is 29.4 Å². The van der Waals surface area contributed by atoms with Crippen molar-refractivity contribution in [1.29, 1.82) is 0 Å². The average Bonchev–Trinajstić information content (AvgIpc) is 3.44. The van der Waals surface area contributed by atoms with Gasteiger partial charge in [-0.25, -0.2) is 19.3 Å². The number of carbonyl (C=O) groups is 2. The molecule has 2 bridgehead atoms. The summed E-state index contributed by atoms with van der Waals surface area (Å²) in [4.78, 5) is 38.7. The van der Waals surface area contributed by atoms with Crippen molar-refractivity contribution in [3.05, 3.63) is 35.5 Å². The van der Waals surface area contributed by atoms with Gasteiger partial charge in [0.05, 0.1) is 17.1 Å². The lowest BCUT2D eigenvalue weighted by molar-refractivity contribution is -0.156. The second kappa shape index (κ2) is 7.32. The molecule has 2 fully saturated rings. The number of ether oxygens (including phenoxy) is 1. The lowest BCUT2D eigenvalue weighted by Crippen LogP contribution is -2.40. The highest BCUT2D eigenvalue weighted by atomic mass is 35.5. The van der Waals surface area contributed by atoms with Crippen LogP contribution in [0.5, 0.6) is 0 Å². The van der Waals surface area contributed by atoms with Crippen LogP contribution in [0.4, 0.5) is 10.2 Å². The predicted molar refractivity (Wildman–Crippen MR) is 106 cm³/mol. The molecule has 4 atom stereocenters. The Kier molecular flexibility index (Phi) is 4.62. The predicted octanol–water partition coefficient (Wildman–Crippen LogP) is 3.34. The lowest BCUT2D eigenvalue weighted by atomic mass is 9.84. The zero-order valence-electron chi connectivity index (χ0n) is 15.6. The Bertz CT molecular complexity index is 1150.